The van der Waals surface area contributed by atoms with E-state index < -0.39 is 67.9 Å². The number of halogens is 1. The summed E-state index contributed by atoms with van der Waals surface area (Å²) in [5.74, 6) is -4.91. The second-order valence-electron chi connectivity index (χ2n) is 17.9. The molecule has 17 heteroatoms. The third-order valence-electron chi connectivity index (χ3n) is 11.3. The maximum absolute atomic E-state index is 16.3. The van der Waals surface area contributed by atoms with Crippen LogP contribution in [0.5, 0.6) is 0 Å². The fraction of sp³-hybridized carbons (Fsp3) is 0.545. The highest BCUT2D eigenvalue weighted by molar-refractivity contribution is 7.54. The van der Waals surface area contributed by atoms with Crippen LogP contribution in [-0.2, 0) is 42.3 Å². The molecule has 4 heterocycles. The van der Waals surface area contributed by atoms with Gasteiger partial charge in [0.1, 0.15) is 12.1 Å². The van der Waals surface area contributed by atoms with Crippen molar-refractivity contribution >= 4 is 58.7 Å². The summed E-state index contributed by atoms with van der Waals surface area (Å²) in [6, 6.07) is 13.5. The Morgan fingerprint density at radius 1 is 0.902 bits per heavy atom. The molecular weight excluding hydrogens is 827 g/mol. The highest BCUT2D eigenvalue weighted by Crippen LogP contribution is 2.62. The van der Waals surface area contributed by atoms with Crippen molar-refractivity contribution in [3.63, 3.8) is 0 Å². The van der Waals surface area contributed by atoms with Crippen LogP contribution in [0.1, 0.15) is 113 Å². The number of carbonyl (C=O) groups excluding carboxylic acids is 5. The van der Waals surface area contributed by atoms with Gasteiger partial charge in [-0.25, -0.2) is 11.0 Å². The SMILES string of the molecule is [C-]#[N+][C@H]1CN(C(=O)[C@@H]2CC[C@@H]3CCCC[C@H](NC(=O)c4cc5cc([C@@H](F)P(=O)(OCOC(=O)C(C)(C)C)OCOC(=O)C(C)(C)C)ccc5s4)C(=O)N32)C[C@@H]1c1ccccc1. The summed E-state index contributed by atoms with van der Waals surface area (Å²) in [5, 5.41) is 3.36. The van der Waals surface area contributed by atoms with E-state index in [2.05, 4.69) is 10.2 Å². The van der Waals surface area contributed by atoms with Crippen LogP contribution < -0.4 is 5.32 Å². The molecule has 3 amide bonds. The van der Waals surface area contributed by atoms with Gasteiger partial charge in [-0.1, -0.05) is 49.2 Å². The van der Waals surface area contributed by atoms with Gasteiger partial charge in [0, 0.05) is 17.3 Å². The predicted molar refractivity (Wildman–Crippen MR) is 226 cm³/mol. The zero-order valence-corrected chi connectivity index (χ0v) is 37.1. The monoisotopic (exact) mass is 880 g/mol. The molecule has 0 unspecified atom stereocenters. The van der Waals surface area contributed by atoms with Crippen molar-refractivity contribution in [3.8, 4) is 0 Å². The van der Waals surface area contributed by atoms with Gasteiger partial charge in [0.2, 0.25) is 37.4 Å². The second kappa shape index (κ2) is 18.7. The number of nitrogens with one attached hydrogen (secondary N) is 1. The highest BCUT2D eigenvalue weighted by atomic mass is 32.1. The Kier molecular flexibility index (Phi) is 14.1. The number of esters is 2. The number of likely N-dealkylation sites (tertiary alicyclic amines) is 1. The van der Waals surface area contributed by atoms with Crippen LogP contribution in [0.25, 0.3) is 14.9 Å². The van der Waals surface area contributed by atoms with Crippen molar-refractivity contribution < 1.29 is 51.4 Å². The van der Waals surface area contributed by atoms with E-state index in [9.17, 15) is 28.5 Å². The molecule has 14 nitrogen and oxygen atoms in total. The lowest BCUT2D eigenvalue weighted by Gasteiger charge is -2.36. The number of carbonyl (C=O) groups is 5. The molecule has 1 N–H and O–H groups in total. The smallest absolute Gasteiger partial charge is 0.374 e. The Balaban J connectivity index is 1.16. The Hall–Kier alpha value is -4.68. The lowest BCUT2D eigenvalue weighted by atomic mass is 9.95. The number of nitrogens with zero attached hydrogens (tertiary/aromatic N) is 3. The maximum Gasteiger partial charge on any atom is 0.374 e. The normalized spacial score (nSPS) is 22.8. The van der Waals surface area contributed by atoms with E-state index in [-0.39, 0.29) is 40.3 Å². The molecule has 2 aromatic carbocycles. The number of benzene rings is 2. The van der Waals surface area contributed by atoms with E-state index in [4.69, 9.17) is 25.1 Å². The van der Waals surface area contributed by atoms with Crippen LogP contribution in [0.15, 0.2) is 54.6 Å². The van der Waals surface area contributed by atoms with Crippen LogP contribution >= 0.6 is 18.9 Å². The maximum atomic E-state index is 16.3. The summed E-state index contributed by atoms with van der Waals surface area (Å²) in [6.45, 7) is 16.3. The number of ether oxygens (including phenoxy) is 2. The molecule has 0 saturated carbocycles. The quantitative estimate of drug-likeness (QED) is 0.0814. The third-order valence-corrected chi connectivity index (χ3v) is 14.2. The molecular formula is C44H54FN4O10PS. The summed E-state index contributed by atoms with van der Waals surface area (Å²) in [6.07, 6.45) is 3.86. The van der Waals surface area contributed by atoms with E-state index >= 15 is 4.39 Å². The van der Waals surface area contributed by atoms with Crippen LogP contribution in [0.4, 0.5) is 4.39 Å². The first-order chi connectivity index (χ1) is 28.8. The zero-order chi connectivity index (χ0) is 44.3. The number of hydrogen-bond donors (Lipinski definition) is 1. The highest BCUT2D eigenvalue weighted by Gasteiger charge is 2.49. The van der Waals surface area contributed by atoms with Crippen molar-refractivity contribution in [1.29, 1.82) is 0 Å². The first kappa shape index (κ1) is 45.8. The first-order valence-corrected chi connectivity index (χ1v) is 23.0. The van der Waals surface area contributed by atoms with Crippen LogP contribution in [0, 0.1) is 17.4 Å². The predicted octanol–water partition coefficient (Wildman–Crippen LogP) is 8.14. The van der Waals surface area contributed by atoms with Gasteiger partial charge < -0.3 is 29.4 Å². The van der Waals surface area contributed by atoms with Crippen molar-refractivity contribution in [2.45, 2.75) is 116 Å². The molecule has 6 rings (SSSR count). The molecule has 0 spiro atoms. The van der Waals surface area contributed by atoms with Gasteiger partial charge in [0.05, 0.1) is 28.2 Å². The summed E-state index contributed by atoms with van der Waals surface area (Å²) >= 11 is 1.12. The van der Waals surface area contributed by atoms with Gasteiger partial charge in [0.15, 0.2) is 0 Å². The number of amides is 3. The molecule has 3 fully saturated rings. The van der Waals surface area contributed by atoms with Crippen LogP contribution in [0.2, 0.25) is 0 Å². The van der Waals surface area contributed by atoms with Gasteiger partial charge in [-0.2, -0.15) is 0 Å². The molecule has 0 bridgehead atoms. The number of fused-ring (bicyclic) bond motifs is 2. The average Bonchev–Trinajstić information content (AvgIpc) is 3.97. The average molecular weight is 881 g/mol. The minimum absolute atomic E-state index is 0.121. The summed E-state index contributed by atoms with van der Waals surface area (Å²) in [5.41, 5.74) is -0.978. The zero-order valence-electron chi connectivity index (χ0n) is 35.4. The van der Waals surface area contributed by atoms with Gasteiger partial charge in [-0.05, 0) is 102 Å². The van der Waals surface area contributed by atoms with Gasteiger partial charge in [-0.3, -0.25) is 37.6 Å². The second-order valence-corrected chi connectivity index (χ2v) is 21.0. The third kappa shape index (κ3) is 10.5. The van der Waals surface area contributed by atoms with Crippen molar-refractivity contribution in [3.05, 3.63) is 82.0 Å². The Bertz CT molecular complexity index is 2180. The van der Waals surface area contributed by atoms with Gasteiger partial charge in [0.25, 0.3) is 5.91 Å². The summed E-state index contributed by atoms with van der Waals surface area (Å²) in [4.78, 5) is 74.5. The van der Waals surface area contributed by atoms with Crippen molar-refractivity contribution in [1.82, 2.24) is 15.1 Å². The molecule has 3 aliphatic rings. The van der Waals surface area contributed by atoms with E-state index in [1.165, 1.54) is 18.2 Å². The Morgan fingerprint density at radius 3 is 2.16 bits per heavy atom. The number of rotatable bonds is 12. The molecule has 61 heavy (non-hydrogen) atoms. The van der Waals surface area contributed by atoms with E-state index in [0.717, 1.165) is 29.7 Å². The lowest BCUT2D eigenvalue weighted by molar-refractivity contribution is -0.162. The molecule has 0 radical (unpaired) electrons. The molecule has 1 aromatic heterocycles. The molecule has 3 aliphatic heterocycles. The number of alkyl halides is 1. The van der Waals surface area contributed by atoms with E-state index in [1.807, 2.05) is 30.3 Å². The molecule has 3 aromatic rings. The van der Waals surface area contributed by atoms with E-state index in [1.54, 1.807) is 57.4 Å². The van der Waals surface area contributed by atoms with Gasteiger partial charge in [-0.15, -0.1) is 11.3 Å². The number of thiophene rings is 1. The largest absolute Gasteiger partial charge is 0.438 e. The first-order valence-electron chi connectivity index (χ1n) is 20.5. The Morgan fingerprint density at radius 2 is 1.54 bits per heavy atom. The fourth-order valence-corrected chi connectivity index (χ4v) is 10.1. The molecule has 6 atom stereocenters. The summed E-state index contributed by atoms with van der Waals surface area (Å²) < 4.78 is 51.4. The summed E-state index contributed by atoms with van der Waals surface area (Å²) in [7, 11) is -4.81. The van der Waals surface area contributed by atoms with Gasteiger partial charge >= 0.3 is 19.5 Å². The standard InChI is InChI=1S/C44H54FN4O10PS/c1-43(2,3)41(53)56-25-58-60(55,59-26-57-42(54)44(4,5)6)37(45)28-17-20-35-29(21-28)22-36(61-35)38(50)47-32-16-12-11-15-30-18-19-34(49(30)39(32)51)40(52)48-23-31(33(24-48)46-7)27-13-9-8-10-14-27/h8-10,13-14,17,20-22,30-34,37H,11-12,15-16,18-19,23-26H2,1-6H3,(H,47,50)/t30-,31+,32-,33-,34-,37-/m0/s1. The van der Waals surface area contributed by atoms with Crippen molar-refractivity contribution in [2.24, 2.45) is 10.8 Å². The molecule has 3 saturated heterocycles. The molecule has 328 valence electrons. The van der Waals surface area contributed by atoms with E-state index in [0.29, 0.717) is 48.9 Å². The Labute approximate surface area is 359 Å². The van der Waals surface area contributed by atoms with Crippen LogP contribution in [-0.4, -0.2) is 90.3 Å². The minimum atomic E-state index is -4.81. The van der Waals surface area contributed by atoms with Crippen molar-refractivity contribution in [2.75, 3.05) is 26.7 Å². The molecule has 0 aliphatic carbocycles. The number of hydrogen-bond acceptors (Lipinski definition) is 11. The topological polar surface area (TPSA) is 162 Å². The fourth-order valence-electron chi connectivity index (χ4n) is 7.89. The minimum Gasteiger partial charge on any atom is -0.438 e. The van der Waals surface area contributed by atoms with Crippen LogP contribution in [0.3, 0.4) is 0 Å². The lowest BCUT2D eigenvalue weighted by Crippen LogP contribution is -2.56.